The van der Waals surface area contributed by atoms with Gasteiger partial charge in [0, 0.05) is 38.6 Å². The Morgan fingerprint density at radius 3 is 2.31 bits per heavy atom. The molecule has 1 saturated heterocycles. The molecule has 1 heterocycles. The van der Waals surface area contributed by atoms with E-state index >= 15 is 0 Å². The summed E-state index contributed by atoms with van der Waals surface area (Å²) in [6, 6.07) is 0. The molecule has 0 atom stereocenters. The third-order valence-electron chi connectivity index (χ3n) is 3.80. The van der Waals surface area contributed by atoms with E-state index in [0.29, 0.717) is 11.8 Å². The molecule has 0 bridgehead atoms. The second kappa shape index (κ2) is 5.64. The van der Waals surface area contributed by atoms with Crippen molar-refractivity contribution in [2.24, 2.45) is 5.92 Å². The molecule has 0 aromatic rings. The predicted octanol–water partition coefficient (Wildman–Crippen LogP) is 0.313. The van der Waals surface area contributed by atoms with Crippen LogP contribution in [-0.4, -0.2) is 60.1 Å². The van der Waals surface area contributed by atoms with Crippen LogP contribution in [0.5, 0.6) is 0 Å². The van der Waals surface area contributed by atoms with Gasteiger partial charge in [0.05, 0.1) is 6.61 Å². The number of aliphatic hydroxyl groups excluding tert-OH is 1. The maximum atomic E-state index is 12.1. The summed E-state index contributed by atoms with van der Waals surface area (Å²) < 4.78 is 0. The first kappa shape index (κ1) is 11.9. The minimum absolute atomic E-state index is 0.219. The number of carbonyl (C=O) groups excluding carboxylic acids is 1. The van der Waals surface area contributed by atoms with Crippen molar-refractivity contribution in [3.05, 3.63) is 0 Å². The number of aliphatic hydroxyl groups is 1. The number of piperazine rings is 1. The third-order valence-corrected chi connectivity index (χ3v) is 3.80. The lowest BCUT2D eigenvalue weighted by atomic mass is 10.1. The Morgan fingerprint density at radius 1 is 1.12 bits per heavy atom. The van der Waals surface area contributed by atoms with Crippen molar-refractivity contribution in [1.29, 1.82) is 0 Å². The molecule has 1 N–H and O–H groups in total. The molecule has 0 aromatic heterocycles. The summed E-state index contributed by atoms with van der Waals surface area (Å²) in [6.07, 6.45) is 4.63. The summed E-state index contributed by atoms with van der Waals surface area (Å²) >= 11 is 0. The Morgan fingerprint density at radius 2 is 1.75 bits per heavy atom. The van der Waals surface area contributed by atoms with E-state index in [2.05, 4.69) is 4.90 Å². The summed E-state index contributed by atoms with van der Waals surface area (Å²) in [5.41, 5.74) is 0. The van der Waals surface area contributed by atoms with Gasteiger partial charge in [-0.1, -0.05) is 12.8 Å². The Bertz CT molecular complexity index is 231. The number of amides is 1. The Hall–Kier alpha value is -0.610. The smallest absolute Gasteiger partial charge is 0.225 e. The van der Waals surface area contributed by atoms with E-state index in [1.54, 1.807) is 0 Å². The van der Waals surface area contributed by atoms with Crippen molar-refractivity contribution < 1.29 is 9.90 Å². The summed E-state index contributed by atoms with van der Waals surface area (Å²) in [5, 5.41) is 8.84. The standard InChI is InChI=1S/C12H22N2O2/c15-10-9-13-5-7-14(8-6-13)12(16)11-3-1-2-4-11/h11,15H,1-10H2. The lowest BCUT2D eigenvalue weighted by molar-refractivity contribution is -0.137. The first-order chi connectivity index (χ1) is 7.81. The van der Waals surface area contributed by atoms with Gasteiger partial charge in [-0.2, -0.15) is 0 Å². The predicted molar refractivity (Wildman–Crippen MR) is 62.1 cm³/mol. The highest BCUT2D eigenvalue weighted by Gasteiger charge is 2.29. The minimum Gasteiger partial charge on any atom is -0.395 e. The molecule has 16 heavy (non-hydrogen) atoms. The summed E-state index contributed by atoms with van der Waals surface area (Å²) in [6.45, 7) is 4.48. The van der Waals surface area contributed by atoms with Gasteiger partial charge in [-0.25, -0.2) is 0 Å². The first-order valence-electron chi connectivity index (χ1n) is 6.43. The van der Waals surface area contributed by atoms with E-state index in [-0.39, 0.29) is 6.61 Å². The van der Waals surface area contributed by atoms with Crippen LogP contribution < -0.4 is 0 Å². The maximum Gasteiger partial charge on any atom is 0.225 e. The molecule has 1 aliphatic carbocycles. The SMILES string of the molecule is O=C(C1CCCC1)N1CCN(CCO)CC1. The van der Waals surface area contributed by atoms with Gasteiger partial charge in [0.15, 0.2) is 0 Å². The average Bonchev–Trinajstić information content (AvgIpc) is 2.83. The summed E-state index contributed by atoms with van der Waals surface area (Å²) in [4.78, 5) is 16.4. The molecule has 1 aliphatic heterocycles. The summed E-state index contributed by atoms with van der Waals surface area (Å²) in [7, 11) is 0. The van der Waals surface area contributed by atoms with Crippen molar-refractivity contribution in [2.45, 2.75) is 25.7 Å². The second-order valence-electron chi connectivity index (χ2n) is 4.87. The molecule has 0 aromatic carbocycles. The maximum absolute atomic E-state index is 12.1. The fourth-order valence-corrected chi connectivity index (χ4v) is 2.76. The van der Waals surface area contributed by atoms with Crippen LogP contribution in [0.3, 0.4) is 0 Å². The van der Waals surface area contributed by atoms with Crippen LogP contribution in [0.2, 0.25) is 0 Å². The summed E-state index contributed by atoms with van der Waals surface area (Å²) in [5.74, 6) is 0.686. The Labute approximate surface area is 97.2 Å². The zero-order valence-corrected chi connectivity index (χ0v) is 9.90. The van der Waals surface area contributed by atoms with E-state index in [0.717, 1.165) is 45.6 Å². The molecule has 2 rings (SSSR count). The van der Waals surface area contributed by atoms with Crippen molar-refractivity contribution in [3.8, 4) is 0 Å². The first-order valence-corrected chi connectivity index (χ1v) is 6.43. The van der Waals surface area contributed by atoms with Crippen LogP contribution in [0, 0.1) is 5.92 Å². The number of nitrogens with zero attached hydrogens (tertiary/aromatic N) is 2. The number of rotatable bonds is 3. The van der Waals surface area contributed by atoms with Crippen LogP contribution in [0.15, 0.2) is 0 Å². The number of hydrogen-bond donors (Lipinski definition) is 1. The molecular formula is C12H22N2O2. The van der Waals surface area contributed by atoms with Crippen molar-refractivity contribution in [3.63, 3.8) is 0 Å². The van der Waals surface area contributed by atoms with Crippen LogP contribution >= 0.6 is 0 Å². The van der Waals surface area contributed by atoms with E-state index < -0.39 is 0 Å². The zero-order valence-electron chi connectivity index (χ0n) is 9.90. The molecule has 92 valence electrons. The largest absolute Gasteiger partial charge is 0.395 e. The van der Waals surface area contributed by atoms with Gasteiger partial charge in [-0.3, -0.25) is 9.69 Å². The van der Waals surface area contributed by atoms with Crippen molar-refractivity contribution in [2.75, 3.05) is 39.3 Å². The fraction of sp³-hybridized carbons (Fsp3) is 0.917. The number of β-amino-alcohol motifs (C(OH)–C–C–N with tert-alkyl or cyclic N) is 1. The molecule has 1 amide bonds. The molecule has 4 heteroatoms. The Kier molecular flexibility index (Phi) is 4.18. The molecule has 4 nitrogen and oxygen atoms in total. The molecule has 0 unspecified atom stereocenters. The number of carbonyl (C=O) groups is 1. The highest BCUT2D eigenvalue weighted by Crippen LogP contribution is 2.26. The monoisotopic (exact) mass is 226 g/mol. The topological polar surface area (TPSA) is 43.8 Å². The highest BCUT2D eigenvalue weighted by molar-refractivity contribution is 5.79. The van der Waals surface area contributed by atoms with Crippen LogP contribution in [0.25, 0.3) is 0 Å². The van der Waals surface area contributed by atoms with Gasteiger partial charge in [-0.15, -0.1) is 0 Å². The van der Waals surface area contributed by atoms with Gasteiger partial charge < -0.3 is 10.0 Å². The zero-order chi connectivity index (χ0) is 11.4. The van der Waals surface area contributed by atoms with Gasteiger partial charge in [-0.05, 0) is 12.8 Å². The van der Waals surface area contributed by atoms with Crippen LogP contribution in [0.1, 0.15) is 25.7 Å². The molecule has 2 aliphatic rings. The third kappa shape index (κ3) is 2.74. The van der Waals surface area contributed by atoms with Gasteiger partial charge in [0.1, 0.15) is 0 Å². The molecular weight excluding hydrogens is 204 g/mol. The van der Waals surface area contributed by atoms with E-state index in [1.807, 2.05) is 4.90 Å². The molecule has 0 spiro atoms. The lowest BCUT2D eigenvalue weighted by Crippen LogP contribution is -2.50. The number of hydrogen-bond acceptors (Lipinski definition) is 3. The van der Waals surface area contributed by atoms with E-state index in [1.165, 1.54) is 12.8 Å². The van der Waals surface area contributed by atoms with Crippen molar-refractivity contribution >= 4 is 5.91 Å². The fourth-order valence-electron chi connectivity index (χ4n) is 2.76. The van der Waals surface area contributed by atoms with Gasteiger partial charge in [0.25, 0.3) is 0 Å². The minimum atomic E-state index is 0.219. The van der Waals surface area contributed by atoms with Crippen LogP contribution in [0.4, 0.5) is 0 Å². The lowest BCUT2D eigenvalue weighted by Gasteiger charge is -2.35. The van der Waals surface area contributed by atoms with E-state index in [9.17, 15) is 4.79 Å². The molecule has 2 fully saturated rings. The van der Waals surface area contributed by atoms with Crippen LogP contribution in [-0.2, 0) is 4.79 Å². The van der Waals surface area contributed by atoms with E-state index in [4.69, 9.17) is 5.11 Å². The van der Waals surface area contributed by atoms with Crippen molar-refractivity contribution in [1.82, 2.24) is 9.80 Å². The molecule has 1 saturated carbocycles. The normalized spacial score (nSPS) is 23.9. The second-order valence-corrected chi connectivity index (χ2v) is 4.87. The highest BCUT2D eigenvalue weighted by atomic mass is 16.3. The van der Waals surface area contributed by atoms with Gasteiger partial charge in [0.2, 0.25) is 5.91 Å². The molecule has 0 radical (unpaired) electrons. The average molecular weight is 226 g/mol. The quantitative estimate of drug-likeness (QED) is 0.753. The Balaban J connectivity index is 1.77. The van der Waals surface area contributed by atoms with Gasteiger partial charge >= 0.3 is 0 Å².